The highest BCUT2D eigenvalue weighted by Crippen LogP contribution is 2.42. The van der Waals surface area contributed by atoms with Gasteiger partial charge in [-0.3, -0.25) is 4.79 Å². The normalized spacial score (nSPS) is 39.1. The molecule has 0 amide bonds. The first-order chi connectivity index (χ1) is 7.96. The number of fused-ring (bicyclic) bond motifs is 1. The summed E-state index contributed by atoms with van der Waals surface area (Å²) < 4.78 is 26.7. The van der Waals surface area contributed by atoms with E-state index in [4.69, 9.17) is 18.9 Å². The molecule has 2 heterocycles. The molecule has 1 unspecified atom stereocenters. The molecule has 2 saturated heterocycles. The fraction of sp³-hybridized carbons (Fsp3) is 0.909. The Labute approximate surface area is 100 Å². The lowest BCUT2D eigenvalue weighted by Gasteiger charge is -2.24. The fourth-order valence-electron chi connectivity index (χ4n) is 2.26. The molecule has 2 rings (SSSR count). The number of rotatable bonds is 3. The summed E-state index contributed by atoms with van der Waals surface area (Å²) in [4.78, 5) is 11.3. The quantitative estimate of drug-likeness (QED) is 0.681. The zero-order chi connectivity index (χ0) is 12.6. The molecular weight excluding hydrogens is 228 g/mol. The average Bonchev–Trinajstić information content (AvgIpc) is 2.72. The van der Waals surface area contributed by atoms with E-state index in [0.717, 1.165) is 0 Å². The van der Waals surface area contributed by atoms with Gasteiger partial charge < -0.3 is 23.7 Å². The molecule has 0 radical (unpaired) electrons. The molecule has 98 valence electrons. The molecule has 17 heavy (non-hydrogen) atoms. The smallest absolute Gasteiger partial charge is 0.306 e. The lowest BCUT2D eigenvalue weighted by atomic mass is 10.00. The van der Waals surface area contributed by atoms with Crippen LogP contribution in [0.1, 0.15) is 20.3 Å². The highest BCUT2D eigenvalue weighted by atomic mass is 16.9. The highest BCUT2D eigenvalue weighted by molar-refractivity contribution is 5.69. The molecule has 6 nitrogen and oxygen atoms in total. The minimum absolute atomic E-state index is 0.190. The molecule has 0 aliphatic carbocycles. The fourth-order valence-corrected chi connectivity index (χ4v) is 2.26. The minimum atomic E-state index is -0.692. The van der Waals surface area contributed by atoms with E-state index in [0.29, 0.717) is 0 Å². The maximum Gasteiger partial charge on any atom is 0.306 e. The molecule has 0 saturated carbocycles. The van der Waals surface area contributed by atoms with Crippen LogP contribution in [0.5, 0.6) is 0 Å². The van der Waals surface area contributed by atoms with Gasteiger partial charge >= 0.3 is 5.97 Å². The first-order valence-electron chi connectivity index (χ1n) is 5.57. The highest BCUT2D eigenvalue weighted by Gasteiger charge is 2.55. The maximum atomic E-state index is 11.3. The van der Waals surface area contributed by atoms with Crippen LogP contribution in [0.2, 0.25) is 0 Å². The van der Waals surface area contributed by atoms with Crippen molar-refractivity contribution in [3.05, 3.63) is 0 Å². The van der Waals surface area contributed by atoms with Crippen molar-refractivity contribution in [3.63, 3.8) is 0 Å². The van der Waals surface area contributed by atoms with Crippen LogP contribution >= 0.6 is 0 Å². The zero-order valence-corrected chi connectivity index (χ0v) is 10.5. The third kappa shape index (κ3) is 2.44. The van der Waals surface area contributed by atoms with Gasteiger partial charge in [-0.25, -0.2) is 0 Å². The largest absolute Gasteiger partial charge is 0.469 e. The van der Waals surface area contributed by atoms with Crippen LogP contribution in [0.4, 0.5) is 0 Å². The van der Waals surface area contributed by atoms with Gasteiger partial charge in [0.05, 0.1) is 19.4 Å². The van der Waals surface area contributed by atoms with E-state index in [1.807, 2.05) is 13.8 Å². The Balaban J connectivity index is 2.08. The second kappa shape index (κ2) is 4.53. The molecular formula is C11H18O6. The minimum Gasteiger partial charge on any atom is -0.469 e. The zero-order valence-electron chi connectivity index (χ0n) is 10.5. The van der Waals surface area contributed by atoms with E-state index in [1.165, 1.54) is 14.2 Å². The van der Waals surface area contributed by atoms with Crippen molar-refractivity contribution < 1.29 is 28.5 Å². The van der Waals surface area contributed by atoms with Crippen LogP contribution < -0.4 is 0 Å². The van der Waals surface area contributed by atoms with Crippen molar-refractivity contribution in [1.82, 2.24) is 0 Å². The summed E-state index contributed by atoms with van der Waals surface area (Å²) in [6.45, 7) is 3.62. The second-order valence-electron chi connectivity index (χ2n) is 4.65. The van der Waals surface area contributed by atoms with Crippen LogP contribution in [0.3, 0.4) is 0 Å². The molecule has 2 fully saturated rings. The average molecular weight is 246 g/mol. The number of carbonyl (C=O) groups excluding carboxylic acids is 1. The SMILES string of the molecule is COC(=O)CC1[C@@H](OC)O[C@@H]2OC(C)(C)O[C@H]12. The number of ether oxygens (including phenoxy) is 5. The van der Waals surface area contributed by atoms with E-state index < -0.39 is 18.4 Å². The van der Waals surface area contributed by atoms with Gasteiger partial charge in [0.15, 0.2) is 18.4 Å². The first-order valence-corrected chi connectivity index (χ1v) is 5.57. The molecule has 6 heteroatoms. The molecule has 2 aliphatic heterocycles. The predicted octanol–water partition coefficient (Wildman–Crippen LogP) is 0.646. The number of methoxy groups -OCH3 is 2. The third-order valence-electron chi connectivity index (χ3n) is 2.99. The van der Waals surface area contributed by atoms with Crippen LogP contribution in [0, 0.1) is 5.92 Å². The Morgan fingerprint density at radius 1 is 1.29 bits per heavy atom. The summed E-state index contributed by atoms with van der Waals surface area (Å²) in [5.74, 6) is -1.21. The van der Waals surface area contributed by atoms with Gasteiger partial charge in [0.25, 0.3) is 0 Å². The summed E-state index contributed by atoms with van der Waals surface area (Å²) in [6, 6.07) is 0. The van der Waals surface area contributed by atoms with Crippen molar-refractivity contribution in [1.29, 1.82) is 0 Å². The molecule has 0 spiro atoms. The van der Waals surface area contributed by atoms with E-state index in [9.17, 15) is 4.79 Å². The van der Waals surface area contributed by atoms with Gasteiger partial charge in [-0.15, -0.1) is 0 Å². The molecule has 0 bridgehead atoms. The van der Waals surface area contributed by atoms with E-state index in [-0.39, 0.29) is 24.4 Å². The van der Waals surface area contributed by atoms with Gasteiger partial charge in [0, 0.05) is 7.11 Å². The predicted molar refractivity (Wildman–Crippen MR) is 55.8 cm³/mol. The van der Waals surface area contributed by atoms with Gasteiger partial charge in [0.2, 0.25) is 0 Å². The Morgan fingerprint density at radius 3 is 2.59 bits per heavy atom. The van der Waals surface area contributed by atoms with Gasteiger partial charge in [0.1, 0.15) is 6.10 Å². The number of hydrogen-bond acceptors (Lipinski definition) is 6. The summed E-state index contributed by atoms with van der Waals surface area (Å²) in [5, 5.41) is 0. The van der Waals surface area contributed by atoms with Crippen molar-refractivity contribution in [2.45, 2.75) is 44.7 Å². The molecule has 4 atom stereocenters. The van der Waals surface area contributed by atoms with Crippen LogP contribution in [-0.4, -0.2) is 44.7 Å². The third-order valence-corrected chi connectivity index (χ3v) is 2.99. The lowest BCUT2D eigenvalue weighted by Crippen LogP contribution is -2.32. The Hall–Kier alpha value is -0.690. The summed E-state index contributed by atoms with van der Waals surface area (Å²) in [6.07, 6.45) is -1.09. The standard InChI is InChI=1S/C11H18O6/c1-11(2)16-8-6(5-7(12)13-3)9(14-4)15-10(8)17-11/h6,8-10H,5H2,1-4H3/t6?,8-,9+,10-/m1/s1. The Bertz CT molecular complexity index is 302. The molecule has 0 aromatic carbocycles. The summed E-state index contributed by atoms with van der Waals surface area (Å²) in [7, 11) is 2.88. The van der Waals surface area contributed by atoms with E-state index in [1.54, 1.807) is 0 Å². The van der Waals surface area contributed by atoms with Crippen molar-refractivity contribution >= 4 is 5.97 Å². The summed E-state index contributed by atoms with van der Waals surface area (Å²) >= 11 is 0. The monoisotopic (exact) mass is 246 g/mol. The van der Waals surface area contributed by atoms with Crippen molar-refractivity contribution in [2.24, 2.45) is 5.92 Å². The van der Waals surface area contributed by atoms with E-state index >= 15 is 0 Å². The van der Waals surface area contributed by atoms with Gasteiger partial charge in [-0.2, -0.15) is 0 Å². The molecule has 2 aliphatic rings. The van der Waals surface area contributed by atoms with Gasteiger partial charge in [-0.05, 0) is 13.8 Å². The summed E-state index contributed by atoms with van der Waals surface area (Å²) in [5.41, 5.74) is 0. The van der Waals surface area contributed by atoms with Crippen LogP contribution in [0.15, 0.2) is 0 Å². The topological polar surface area (TPSA) is 63.2 Å². The Kier molecular flexibility index (Phi) is 3.40. The van der Waals surface area contributed by atoms with Crippen LogP contribution in [-0.2, 0) is 28.5 Å². The first kappa shape index (κ1) is 12.8. The van der Waals surface area contributed by atoms with Crippen LogP contribution in [0.25, 0.3) is 0 Å². The number of carbonyl (C=O) groups is 1. The number of hydrogen-bond donors (Lipinski definition) is 0. The second-order valence-corrected chi connectivity index (χ2v) is 4.65. The van der Waals surface area contributed by atoms with Gasteiger partial charge in [-0.1, -0.05) is 0 Å². The maximum absolute atomic E-state index is 11.3. The van der Waals surface area contributed by atoms with Crippen molar-refractivity contribution in [3.8, 4) is 0 Å². The van der Waals surface area contributed by atoms with Crippen molar-refractivity contribution in [2.75, 3.05) is 14.2 Å². The van der Waals surface area contributed by atoms with E-state index in [2.05, 4.69) is 4.74 Å². The lowest BCUT2D eigenvalue weighted by molar-refractivity contribution is -0.249. The Morgan fingerprint density at radius 2 is 2.00 bits per heavy atom. The molecule has 0 aromatic rings. The molecule has 0 aromatic heterocycles. The molecule has 0 N–H and O–H groups in total. The number of esters is 1.